The predicted molar refractivity (Wildman–Crippen MR) is 117 cm³/mol. The van der Waals surface area contributed by atoms with Crippen molar-refractivity contribution in [3.05, 3.63) is 89.0 Å². The Balaban J connectivity index is 1.28. The summed E-state index contributed by atoms with van der Waals surface area (Å²) in [7, 11) is 0. The van der Waals surface area contributed by atoms with Crippen LogP contribution in [0.25, 0.3) is 11.0 Å². The zero-order valence-corrected chi connectivity index (χ0v) is 17.1. The third kappa shape index (κ3) is 3.65. The van der Waals surface area contributed by atoms with Gasteiger partial charge in [-0.15, -0.1) is 5.10 Å². The zero-order chi connectivity index (χ0) is 22.9. The summed E-state index contributed by atoms with van der Waals surface area (Å²) in [5.74, 6) is -1.95. The molecule has 9 nitrogen and oxygen atoms in total. The average molecular weight is 440 g/mol. The summed E-state index contributed by atoms with van der Waals surface area (Å²) in [4.78, 5) is 50.4. The number of hydrogen-bond donors (Lipinski definition) is 1. The molecule has 162 valence electrons. The SMILES string of the molecule is O=C(COC(=O)Cn1nnc2ccccc21)Nc1cccc2c1C(=O)c1ccccc1C2=O. The molecule has 0 atom stereocenters. The number of para-hydroxylation sites is 1. The highest BCUT2D eigenvalue weighted by Gasteiger charge is 2.31. The van der Waals surface area contributed by atoms with Crippen molar-refractivity contribution in [1.29, 1.82) is 0 Å². The third-order valence-corrected chi connectivity index (χ3v) is 5.29. The zero-order valence-electron chi connectivity index (χ0n) is 17.1. The molecule has 33 heavy (non-hydrogen) atoms. The number of amides is 1. The van der Waals surface area contributed by atoms with Gasteiger partial charge in [-0.05, 0) is 18.2 Å². The molecule has 0 aliphatic heterocycles. The number of hydrogen-bond acceptors (Lipinski definition) is 7. The summed E-state index contributed by atoms with van der Waals surface area (Å²) in [6.07, 6.45) is 0. The topological polar surface area (TPSA) is 120 Å². The quantitative estimate of drug-likeness (QED) is 0.417. The van der Waals surface area contributed by atoms with E-state index >= 15 is 0 Å². The van der Waals surface area contributed by atoms with Crippen LogP contribution in [0.2, 0.25) is 0 Å². The van der Waals surface area contributed by atoms with E-state index in [2.05, 4.69) is 15.6 Å². The Bertz CT molecular complexity index is 1460. The van der Waals surface area contributed by atoms with Crippen molar-refractivity contribution < 1.29 is 23.9 Å². The number of aromatic nitrogens is 3. The summed E-state index contributed by atoms with van der Waals surface area (Å²) in [6.45, 7) is -0.772. The first kappa shape index (κ1) is 20.3. The van der Waals surface area contributed by atoms with Crippen LogP contribution in [0.15, 0.2) is 66.7 Å². The normalized spacial score (nSPS) is 12.2. The van der Waals surface area contributed by atoms with Crippen LogP contribution in [-0.4, -0.2) is 45.0 Å². The summed E-state index contributed by atoms with van der Waals surface area (Å²) in [6, 6.07) is 18.3. The summed E-state index contributed by atoms with van der Waals surface area (Å²) >= 11 is 0. The largest absolute Gasteiger partial charge is 0.454 e. The maximum atomic E-state index is 13.0. The number of nitrogens with one attached hydrogen (secondary N) is 1. The number of carbonyl (C=O) groups excluding carboxylic acids is 4. The maximum absolute atomic E-state index is 13.0. The van der Waals surface area contributed by atoms with Crippen LogP contribution in [0, 0.1) is 0 Å². The molecule has 0 saturated heterocycles. The van der Waals surface area contributed by atoms with Gasteiger partial charge in [0.05, 0.1) is 16.8 Å². The van der Waals surface area contributed by atoms with E-state index in [0.717, 1.165) is 0 Å². The number of esters is 1. The number of anilines is 1. The van der Waals surface area contributed by atoms with Gasteiger partial charge in [-0.25, -0.2) is 4.68 Å². The van der Waals surface area contributed by atoms with Crippen LogP contribution >= 0.6 is 0 Å². The molecular weight excluding hydrogens is 424 g/mol. The van der Waals surface area contributed by atoms with E-state index in [0.29, 0.717) is 16.6 Å². The lowest BCUT2D eigenvalue weighted by Gasteiger charge is -2.20. The Morgan fingerprint density at radius 3 is 2.36 bits per heavy atom. The van der Waals surface area contributed by atoms with E-state index in [1.165, 1.54) is 10.7 Å². The smallest absolute Gasteiger partial charge is 0.328 e. The fraction of sp³-hybridized carbons (Fsp3) is 0.0833. The van der Waals surface area contributed by atoms with Gasteiger partial charge in [0.1, 0.15) is 12.1 Å². The molecule has 1 heterocycles. The third-order valence-electron chi connectivity index (χ3n) is 5.29. The highest BCUT2D eigenvalue weighted by atomic mass is 16.5. The highest BCUT2D eigenvalue weighted by molar-refractivity contribution is 6.30. The Kier molecular flexibility index (Phi) is 4.98. The number of rotatable bonds is 5. The number of ketones is 2. The van der Waals surface area contributed by atoms with E-state index in [4.69, 9.17) is 4.74 Å². The van der Waals surface area contributed by atoms with E-state index in [1.807, 2.05) is 6.07 Å². The van der Waals surface area contributed by atoms with E-state index in [1.54, 1.807) is 54.6 Å². The van der Waals surface area contributed by atoms with E-state index in [-0.39, 0.29) is 40.5 Å². The van der Waals surface area contributed by atoms with Crippen molar-refractivity contribution >= 4 is 40.2 Å². The van der Waals surface area contributed by atoms with Gasteiger partial charge < -0.3 is 10.1 Å². The van der Waals surface area contributed by atoms with Crippen LogP contribution in [0.4, 0.5) is 5.69 Å². The molecule has 0 fully saturated rings. The summed E-state index contributed by atoms with van der Waals surface area (Å²) < 4.78 is 6.43. The number of carbonyl (C=O) groups is 4. The molecule has 0 saturated carbocycles. The van der Waals surface area contributed by atoms with Gasteiger partial charge in [-0.2, -0.15) is 0 Å². The molecule has 1 aliphatic carbocycles. The van der Waals surface area contributed by atoms with Gasteiger partial charge in [-0.1, -0.05) is 53.7 Å². The molecule has 5 rings (SSSR count). The Labute approximate surface area is 187 Å². The minimum Gasteiger partial charge on any atom is -0.454 e. The fourth-order valence-electron chi connectivity index (χ4n) is 3.78. The van der Waals surface area contributed by atoms with Gasteiger partial charge in [0.15, 0.2) is 18.2 Å². The molecule has 1 N–H and O–H groups in total. The number of benzene rings is 3. The highest BCUT2D eigenvalue weighted by Crippen LogP contribution is 2.31. The van der Waals surface area contributed by atoms with Crippen molar-refractivity contribution in [2.45, 2.75) is 6.54 Å². The lowest BCUT2D eigenvalue weighted by Crippen LogP contribution is -2.26. The number of fused-ring (bicyclic) bond motifs is 3. The van der Waals surface area contributed by atoms with Gasteiger partial charge in [-0.3, -0.25) is 19.2 Å². The molecular formula is C24H16N4O5. The second-order valence-electron chi connectivity index (χ2n) is 7.38. The van der Waals surface area contributed by atoms with Crippen LogP contribution in [0.1, 0.15) is 31.8 Å². The van der Waals surface area contributed by atoms with Crippen LogP contribution < -0.4 is 5.32 Å². The molecule has 1 amide bonds. The second-order valence-corrected chi connectivity index (χ2v) is 7.38. The summed E-state index contributed by atoms with van der Waals surface area (Å²) in [5, 5.41) is 10.4. The minimum absolute atomic E-state index is 0.120. The minimum atomic E-state index is -0.670. The van der Waals surface area contributed by atoms with E-state index < -0.39 is 18.5 Å². The van der Waals surface area contributed by atoms with Crippen LogP contribution in [0.3, 0.4) is 0 Å². The molecule has 0 unspecified atom stereocenters. The Morgan fingerprint density at radius 1 is 0.848 bits per heavy atom. The van der Waals surface area contributed by atoms with Crippen LogP contribution in [0.5, 0.6) is 0 Å². The van der Waals surface area contributed by atoms with Crippen molar-refractivity contribution in [2.75, 3.05) is 11.9 Å². The van der Waals surface area contributed by atoms with Crippen molar-refractivity contribution in [3.63, 3.8) is 0 Å². The first-order valence-electron chi connectivity index (χ1n) is 10.1. The van der Waals surface area contributed by atoms with Crippen molar-refractivity contribution in [1.82, 2.24) is 15.0 Å². The lowest BCUT2D eigenvalue weighted by atomic mass is 9.83. The standard InChI is InChI=1S/C24H16N4O5/c29-20(13-33-21(30)12-28-19-11-4-3-9-17(19)26-27-28)25-18-10-5-8-16-22(18)24(32)15-7-2-1-6-14(15)23(16)31/h1-11H,12-13H2,(H,25,29). The van der Waals surface area contributed by atoms with Gasteiger partial charge in [0.25, 0.3) is 5.91 Å². The van der Waals surface area contributed by atoms with Gasteiger partial charge in [0.2, 0.25) is 0 Å². The maximum Gasteiger partial charge on any atom is 0.328 e. The van der Waals surface area contributed by atoms with Crippen molar-refractivity contribution in [2.24, 2.45) is 0 Å². The molecule has 3 aromatic carbocycles. The number of nitrogens with zero attached hydrogens (tertiary/aromatic N) is 3. The summed E-state index contributed by atoms with van der Waals surface area (Å²) in [5.41, 5.74) is 2.43. The Morgan fingerprint density at radius 2 is 1.55 bits per heavy atom. The number of ether oxygens (including phenoxy) is 1. The molecule has 1 aromatic heterocycles. The predicted octanol–water partition coefficient (Wildman–Crippen LogP) is 2.39. The first-order valence-corrected chi connectivity index (χ1v) is 10.1. The molecule has 4 aromatic rings. The first-order chi connectivity index (χ1) is 16.0. The lowest BCUT2D eigenvalue weighted by molar-refractivity contribution is -0.148. The monoisotopic (exact) mass is 440 g/mol. The average Bonchev–Trinajstić information content (AvgIpc) is 3.24. The van der Waals surface area contributed by atoms with Crippen LogP contribution in [-0.2, 0) is 20.9 Å². The molecule has 0 spiro atoms. The van der Waals surface area contributed by atoms with Crippen molar-refractivity contribution in [3.8, 4) is 0 Å². The molecule has 9 heteroatoms. The molecule has 0 bridgehead atoms. The molecule has 0 radical (unpaired) electrons. The fourth-order valence-corrected chi connectivity index (χ4v) is 3.78. The van der Waals surface area contributed by atoms with Gasteiger partial charge >= 0.3 is 5.97 Å². The van der Waals surface area contributed by atoms with Gasteiger partial charge in [0, 0.05) is 16.7 Å². The molecule has 1 aliphatic rings. The Hall–Kier alpha value is -4.66. The van der Waals surface area contributed by atoms with E-state index in [9.17, 15) is 19.2 Å². The second kappa shape index (κ2) is 8.12.